The van der Waals surface area contributed by atoms with Gasteiger partial charge >= 0.3 is 0 Å². The molecule has 6 rings (SSSR count). The third-order valence-corrected chi connectivity index (χ3v) is 38.5. The van der Waals surface area contributed by atoms with Crippen LogP contribution in [0, 0.1) is 34.4 Å². The maximum atomic E-state index is 4.13. The molecule has 0 aliphatic carbocycles. The zero-order valence-electron chi connectivity index (χ0n) is 43.3. The largest absolute Gasteiger partial charge is 0.146 e. The predicted octanol–water partition coefficient (Wildman–Crippen LogP) is 20.5. The lowest BCUT2D eigenvalue weighted by molar-refractivity contribution is 0.838. The Morgan fingerprint density at radius 2 is 0.712 bits per heavy atom. The first-order valence-electron chi connectivity index (χ1n) is 24.7. The lowest BCUT2D eigenvalue weighted by atomic mass is 10.0. The van der Waals surface area contributed by atoms with Crippen LogP contribution in [0.15, 0.2) is 77.5 Å². The summed E-state index contributed by atoms with van der Waals surface area (Å²) in [5.41, 5.74) is 26.1. The molecule has 0 amide bonds. The summed E-state index contributed by atoms with van der Waals surface area (Å²) in [6.07, 6.45) is 0. The monoisotopic (exact) mass is 996 g/mol. The third-order valence-electron chi connectivity index (χ3n) is 15.4. The van der Waals surface area contributed by atoms with Gasteiger partial charge in [-0.15, -0.1) is 62.0 Å². The van der Waals surface area contributed by atoms with E-state index in [0.29, 0.717) is 49.9 Å². The van der Waals surface area contributed by atoms with Gasteiger partial charge in [0.2, 0.25) is 0 Å². The van der Waals surface area contributed by atoms with Gasteiger partial charge in [-0.05, 0) is 101 Å². The van der Waals surface area contributed by atoms with Crippen molar-refractivity contribution in [3.63, 3.8) is 0 Å². The van der Waals surface area contributed by atoms with Crippen LogP contribution < -0.4 is 0 Å². The number of rotatable bonds is 13. The highest BCUT2D eigenvalue weighted by Gasteiger charge is 2.44. The van der Waals surface area contributed by atoms with Crippen molar-refractivity contribution in [3.8, 4) is 77.5 Å². The Balaban J connectivity index is 1.40. The van der Waals surface area contributed by atoms with Crippen LogP contribution in [-0.4, -0.2) is 24.2 Å². The van der Waals surface area contributed by atoms with Gasteiger partial charge in [0.1, 0.15) is 24.2 Å². The number of benzene rings is 2. The maximum absolute atomic E-state index is 4.13. The van der Waals surface area contributed by atoms with Gasteiger partial charge in [-0.25, -0.2) is 0 Å². The lowest BCUT2D eigenvalue weighted by Gasteiger charge is -2.38. The molecule has 7 heteroatoms. The number of fused-ring (bicyclic) bond motifs is 1. The molecule has 66 heavy (non-hydrogen) atoms. The maximum Gasteiger partial charge on any atom is 0.146 e. The van der Waals surface area contributed by atoms with E-state index in [0.717, 1.165) is 0 Å². The van der Waals surface area contributed by atoms with Crippen LogP contribution in [0.3, 0.4) is 0 Å². The van der Waals surface area contributed by atoms with E-state index in [1.807, 2.05) is 22.7 Å². The zero-order valence-corrected chi connectivity index (χ0v) is 49.6. The molecular weight excluding hydrogens is 921 g/mol. The second-order valence-electron chi connectivity index (χ2n) is 21.5. The van der Waals surface area contributed by atoms with Crippen molar-refractivity contribution in [1.82, 2.24) is 0 Å². The second-order valence-corrected chi connectivity index (χ2v) is 42.2. The minimum Gasteiger partial charge on any atom is -0.135 e. The molecule has 0 N–H and O–H groups in total. The Morgan fingerprint density at radius 1 is 0.379 bits per heavy atom. The predicted molar refractivity (Wildman–Crippen MR) is 311 cm³/mol. The van der Waals surface area contributed by atoms with E-state index in [1.54, 1.807) is 22.7 Å². The van der Waals surface area contributed by atoms with Crippen molar-refractivity contribution in [2.45, 2.75) is 174 Å². The molecule has 6 aromatic rings. The van der Waals surface area contributed by atoms with Crippen LogP contribution in [0.25, 0.3) is 52.5 Å². The molecule has 0 aliphatic rings. The van der Waals surface area contributed by atoms with Crippen LogP contribution in [0.2, 0.25) is 49.9 Å². The minimum atomic E-state index is -1.99. The fourth-order valence-electron chi connectivity index (χ4n) is 12.0. The van der Waals surface area contributed by atoms with Gasteiger partial charge in [-0.2, -0.15) is 0 Å². The number of thiophene rings is 4. The first-order valence-corrected chi connectivity index (χ1v) is 34.7. The fourth-order valence-corrected chi connectivity index (χ4v) is 31.9. The molecule has 4 heterocycles. The summed E-state index contributed by atoms with van der Waals surface area (Å²) in [6, 6.07) is 25.5. The average molecular weight is 998 g/mol. The quantitative estimate of drug-likeness (QED) is 0.0799. The van der Waals surface area contributed by atoms with Crippen molar-refractivity contribution in [2.24, 2.45) is 0 Å². The SMILES string of the molecule is CC(C)[Si](C#Cc1sccc1-c1ccc(-c2cc3sc(-c4ccc(-c5ccsc5C#C[Si](C(C)C)(C(C)C)C(C)C)cc4)c(C#C[Si](C(C)C)(C(C)C)C(C)C)c3s2)cc1)(C(C)C)C(C)C. The molecular formula is C59H76S4Si3. The van der Waals surface area contributed by atoms with E-state index in [9.17, 15) is 0 Å². The molecule has 0 bridgehead atoms. The Kier molecular flexibility index (Phi) is 16.8. The topological polar surface area (TPSA) is 0 Å². The lowest BCUT2D eigenvalue weighted by Crippen LogP contribution is -2.43. The fraction of sp³-hybridized carbons (Fsp3) is 0.458. The van der Waals surface area contributed by atoms with Gasteiger partial charge < -0.3 is 0 Å². The first kappa shape index (κ1) is 52.2. The third kappa shape index (κ3) is 9.83. The highest BCUT2D eigenvalue weighted by atomic mass is 32.1. The molecule has 0 saturated heterocycles. The first-order chi connectivity index (χ1) is 31.1. The molecule has 0 saturated carbocycles. The molecule has 348 valence electrons. The number of hydrogen-bond donors (Lipinski definition) is 0. The van der Waals surface area contributed by atoms with Gasteiger partial charge in [-0.1, -0.05) is 191 Å². The summed E-state index contributed by atoms with van der Waals surface area (Å²) in [5.74, 6) is 11.5. The van der Waals surface area contributed by atoms with Crippen LogP contribution >= 0.6 is 45.3 Å². The van der Waals surface area contributed by atoms with Crippen molar-refractivity contribution in [2.75, 3.05) is 0 Å². The second kappa shape index (κ2) is 21.2. The highest BCUT2D eigenvalue weighted by molar-refractivity contribution is 7.31. The van der Waals surface area contributed by atoms with Crippen LogP contribution in [0.1, 0.15) is 140 Å². The molecule has 0 radical (unpaired) electrons. The molecule has 4 aromatic heterocycles. The Bertz CT molecular complexity index is 2710. The standard InChI is InChI=1S/C59H76S4Si3/c1-38(2)64(39(3)4,40(5)6)34-29-53-58(50-25-21-48(22-26-50)52-28-33-61-55(52)31-36-66(44(13)14,45(15)16)46(17)18)63-57-37-56(62-59(53)57)49-23-19-47(20-24-49)51-27-32-60-54(51)30-35-65(41(7)8,42(9)10)43(11)12/h19-28,32-33,37-46H,1-18H3. The van der Waals surface area contributed by atoms with Gasteiger partial charge in [0, 0.05) is 20.7 Å². The van der Waals surface area contributed by atoms with Crippen LogP contribution in [-0.2, 0) is 0 Å². The molecule has 0 atom stereocenters. The average Bonchev–Trinajstić information content (AvgIpc) is 4.06. The van der Waals surface area contributed by atoms with Crippen molar-refractivity contribution in [1.29, 1.82) is 0 Å². The summed E-state index contributed by atoms with van der Waals surface area (Å²) < 4.78 is 2.64. The molecule has 0 spiro atoms. The Labute approximate surface area is 420 Å². The molecule has 0 unspecified atom stereocenters. The minimum absolute atomic E-state index is 0.566. The van der Waals surface area contributed by atoms with Gasteiger partial charge in [0.05, 0.1) is 24.9 Å². The summed E-state index contributed by atoms with van der Waals surface area (Å²) in [7, 11) is -5.66. The van der Waals surface area contributed by atoms with Crippen molar-refractivity contribution >= 4 is 79.0 Å². The van der Waals surface area contributed by atoms with Crippen molar-refractivity contribution < 1.29 is 0 Å². The van der Waals surface area contributed by atoms with Crippen LogP contribution in [0.4, 0.5) is 0 Å². The van der Waals surface area contributed by atoms with E-state index in [4.69, 9.17) is 0 Å². The van der Waals surface area contributed by atoms with E-state index in [1.165, 1.54) is 67.9 Å². The Hall–Kier alpha value is -3.17. The summed E-state index contributed by atoms with van der Waals surface area (Å²) in [4.78, 5) is 4.96. The van der Waals surface area contributed by atoms with E-state index in [2.05, 4.69) is 237 Å². The summed E-state index contributed by atoms with van der Waals surface area (Å²) >= 11 is 7.38. The smallest absolute Gasteiger partial charge is 0.135 e. The number of hydrogen-bond acceptors (Lipinski definition) is 4. The summed E-state index contributed by atoms with van der Waals surface area (Å²) in [6.45, 7) is 43.2. The van der Waals surface area contributed by atoms with E-state index < -0.39 is 24.2 Å². The molecule has 2 aromatic carbocycles. The molecule has 0 fully saturated rings. The molecule has 0 aliphatic heterocycles. The van der Waals surface area contributed by atoms with Gasteiger partial charge in [-0.3, -0.25) is 0 Å². The van der Waals surface area contributed by atoms with E-state index >= 15 is 0 Å². The Morgan fingerprint density at radius 3 is 1.08 bits per heavy atom. The van der Waals surface area contributed by atoms with Gasteiger partial charge in [0.25, 0.3) is 0 Å². The van der Waals surface area contributed by atoms with Crippen molar-refractivity contribution in [3.05, 3.63) is 92.8 Å². The molecule has 0 nitrogen and oxygen atoms in total. The zero-order chi connectivity index (χ0) is 48.5. The van der Waals surface area contributed by atoms with Gasteiger partial charge in [0.15, 0.2) is 0 Å². The van der Waals surface area contributed by atoms with Crippen LogP contribution in [0.5, 0.6) is 0 Å². The normalized spacial score (nSPS) is 12.7. The van der Waals surface area contributed by atoms with E-state index in [-0.39, 0.29) is 0 Å². The highest BCUT2D eigenvalue weighted by Crippen LogP contribution is 2.48. The summed E-state index contributed by atoms with van der Waals surface area (Å²) in [5, 5.41) is 4.42.